The number of halogens is 2. The van der Waals surface area contributed by atoms with E-state index in [-0.39, 0.29) is 32.2 Å². The summed E-state index contributed by atoms with van der Waals surface area (Å²) in [4.78, 5) is 0. The fourth-order valence-corrected chi connectivity index (χ4v) is 14.9. The largest absolute Gasteiger partial charge is 1.00 e. The summed E-state index contributed by atoms with van der Waals surface area (Å²) in [5.74, 6) is 0. The summed E-state index contributed by atoms with van der Waals surface area (Å²) in [6, 6.07) is 18.4. The molecule has 0 radical (unpaired) electrons. The van der Waals surface area contributed by atoms with Crippen molar-refractivity contribution in [3.8, 4) is 11.1 Å². The zero-order chi connectivity index (χ0) is 16.6. The van der Waals surface area contributed by atoms with Gasteiger partial charge in [-0.3, -0.25) is 0 Å². The third-order valence-corrected chi connectivity index (χ3v) is 15.2. The molecule has 0 fully saturated rings. The molecule has 0 spiro atoms. The summed E-state index contributed by atoms with van der Waals surface area (Å²) in [6.07, 6.45) is 17.2. The summed E-state index contributed by atoms with van der Waals surface area (Å²) < 4.78 is 3.49. The van der Waals surface area contributed by atoms with E-state index in [4.69, 9.17) is 0 Å². The van der Waals surface area contributed by atoms with Gasteiger partial charge in [0.25, 0.3) is 0 Å². The Morgan fingerprint density at radius 2 is 1.43 bits per heavy atom. The maximum Gasteiger partial charge on any atom is -1.00 e. The second-order valence-corrected chi connectivity index (χ2v) is 14.6. The molecule has 5 rings (SSSR count). The van der Waals surface area contributed by atoms with Gasteiger partial charge in [0, 0.05) is 0 Å². The second kappa shape index (κ2) is 10.2. The Morgan fingerprint density at radius 3 is 1.96 bits per heavy atom. The van der Waals surface area contributed by atoms with E-state index in [2.05, 4.69) is 78.9 Å². The molecule has 0 aromatic heterocycles. The molecule has 0 saturated carbocycles. The number of hydrogen-bond acceptors (Lipinski definition) is 0. The molecule has 0 heterocycles. The molecular weight excluding hydrogens is 462 g/mol. The fraction of sp³-hybridized carbons (Fsp3) is 0.280. The quantitative estimate of drug-likeness (QED) is 0.572. The van der Waals surface area contributed by atoms with Crippen LogP contribution in [0.15, 0.2) is 82.2 Å². The monoisotopic (exact) mass is 487 g/mol. The minimum Gasteiger partial charge on any atom is -1.00 e. The Morgan fingerprint density at radius 1 is 0.786 bits per heavy atom. The predicted molar refractivity (Wildman–Crippen MR) is 109 cm³/mol. The van der Waals surface area contributed by atoms with E-state index in [1.165, 1.54) is 36.8 Å². The standard InChI is InChI=1S/C13H9.C6H9.C5H5.CH4.2ClH.Zr/c1-3-7-12-10(5-1)9-11-6-2-4-8-13(11)12;1-2-4-6-5-3-1;1-2-4-5-3-1;;;;/h1-9H;1-2,5H,3-4,6H2;1-3H,4H2;1H4;2*1H;/q;;;;;;+2/p-2. The number of fused-ring (bicyclic) bond motifs is 3. The summed E-state index contributed by atoms with van der Waals surface area (Å²) >= 11 is -1.88. The van der Waals surface area contributed by atoms with Gasteiger partial charge < -0.3 is 24.8 Å². The summed E-state index contributed by atoms with van der Waals surface area (Å²) in [7, 11) is 0. The van der Waals surface area contributed by atoms with Crippen molar-refractivity contribution in [2.24, 2.45) is 0 Å². The van der Waals surface area contributed by atoms with E-state index < -0.39 is 21.8 Å². The smallest absolute Gasteiger partial charge is 1.00 e. The zero-order valence-electron chi connectivity index (χ0n) is 15.2. The van der Waals surface area contributed by atoms with Crippen LogP contribution in [0.4, 0.5) is 0 Å². The van der Waals surface area contributed by atoms with Gasteiger partial charge in [-0.15, -0.1) is 0 Å². The van der Waals surface area contributed by atoms with Crippen LogP contribution in [0.25, 0.3) is 11.1 Å². The first-order valence-electron chi connectivity index (χ1n) is 9.49. The molecule has 3 heteroatoms. The van der Waals surface area contributed by atoms with E-state index in [1.807, 2.05) is 3.28 Å². The first kappa shape index (κ1) is 23.4. The number of hydrogen-bond donors (Lipinski definition) is 0. The fourth-order valence-electron chi connectivity index (χ4n) is 4.91. The average molecular weight is 490 g/mol. The van der Waals surface area contributed by atoms with Gasteiger partial charge in [-0.05, 0) is 0 Å². The van der Waals surface area contributed by atoms with Crippen molar-refractivity contribution in [1.29, 1.82) is 0 Å². The van der Waals surface area contributed by atoms with E-state index in [1.54, 1.807) is 11.1 Å². The van der Waals surface area contributed by atoms with Crippen molar-refractivity contribution in [3.63, 3.8) is 0 Å². The Balaban J connectivity index is 0.000000934. The molecule has 2 aromatic rings. The molecule has 1 atom stereocenters. The zero-order valence-corrected chi connectivity index (χ0v) is 19.2. The van der Waals surface area contributed by atoms with Gasteiger partial charge in [-0.2, -0.15) is 0 Å². The summed E-state index contributed by atoms with van der Waals surface area (Å²) in [6.45, 7) is 0. The summed E-state index contributed by atoms with van der Waals surface area (Å²) in [5.41, 5.74) is 6.25. The van der Waals surface area contributed by atoms with Crippen molar-refractivity contribution in [2.75, 3.05) is 0 Å². The molecule has 0 N–H and O–H groups in total. The van der Waals surface area contributed by atoms with Gasteiger partial charge >= 0.3 is 159 Å². The third-order valence-electron chi connectivity index (χ3n) is 6.00. The molecule has 1 unspecified atom stereocenters. The van der Waals surface area contributed by atoms with Crippen LogP contribution in [-0.2, 0) is 21.8 Å². The van der Waals surface area contributed by atoms with E-state index in [0.29, 0.717) is 3.63 Å². The predicted octanol–water partition coefficient (Wildman–Crippen LogP) is 1.39. The summed E-state index contributed by atoms with van der Waals surface area (Å²) in [5, 5.41) is 0. The van der Waals surface area contributed by atoms with E-state index in [9.17, 15) is 0 Å². The molecule has 0 bridgehead atoms. The maximum atomic E-state index is 2.48. The normalized spacial score (nSPS) is 18.9. The van der Waals surface area contributed by atoms with Gasteiger partial charge in [0.05, 0.1) is 0 Å². The molecular formula is C25H27Cl2Zr. The Hall–Kier alpha value is -0.877. The average Bonchev–Trinajstić information content (AvgIpc) is 3.31. The van der Waals surface area contributed by atoms with Crippen LogP contribution in [0.1, 0.15) is 47.9 Å². The van der Waals surface area contributed by atoms with Gasteiger partial charge in [0.2, 0.25) is 0 Å². The molecule has 0 amide bonds. The topological polar surface area (TPSA) is 0 Å². The number of benzene rings is 2. The van der Waals surface area contributed by atoms with Crippen LogP contribution in [-0.4, -0.2) is 0 Å². The Bertz CT molecular complexity index is 851. The van der Waals surface area contributed by atoms with Crippen LogP contribution in [0.3, 0.4) is 0 Å². The third kappa shape index (κ3) is 4.04. The number of rotatable bonds is 3. The minimum atomic E-state index is -1.88. The first-order valence-corrected chi connectivity index (χ1v) is 13.6. The molecule has 0 saturated heterocycles. The van der Waals surface area contributed by atoms with Crippen LogP contribution >= 0.6 is 0 Å². The van der Waals surface area contributed by atoms with Crippen molar-refractivity contribution in [3.05, 3.63) is 93.3 Å². The van der Waals surface area contributed by atoms with Crippen LogP contribution < -0.4 is 24.8 Å². The maximum absolute atomic E-state index is 2.48. The molecule has 2 aromatic carbocycles. The Kier molecular flexibility index (Phi) is 8.56. The minimum absolute atomic E-state index is 0. The molecule has 3 aliphatic rings. The van der Waals surface area contributed by atoms with Crippen molar-refractivity contribution >= 4 is 0 Å². The van der Waals surface area contributed by atoms with Gasteiger partial charge in [-0.25, -0.2) is 0 Å². The molecule has 0 nitrogen and oxygen atoms in total. The van der Waals surface area contributed by atoms with Gasteiger partial charge in [-0.1, -0.05) is 7.43 Å². The Labute approximate surface area is 190 Å². The van der Waals surface area contributed by atoms with E-state index in [0.717, 1.165) is 3.63 Å². The van der Waals surface area contributed by atoms with Gasteiger partial charge in [0.15, 0.2) is 0 Å². The SMILES string of the molecule is C.C1=CC[C]([Zr+2]([CH]2CC=CCC2)[CH]2c3ccccc3-c3ccccc32)=C1.[Cl-].[Cl-]. The van der Waals surface area contributed by atoms with E-state index >= 15 is 0 Å². The van der Waals surface area contributed by atoms with Crippen LogP contribution in [0.2, 0.25) is 3.63 Å². The van der Waals surface area contributed by atoms with Crippen molar-refractivity contribution in [2.45, 2.75) is 40.4 Å². The molecule has 145 valence electrons. The van der Waals surface area contributed by atoms with Crippen molar-refractivity contribution in [1.82, 2.24) is 0 Å². The molecule has 28 heavy (non-hydrogen) atoms. The van der Waals surface area contributed by atoms with Crippen LogP contribution in [0, 0.1) is 0 Å². The van der Waals surface area contributed by atoms with Crippen LogP contribution in [0.5, 0.6) is 0 Å². The number of allylic oxidation sites excluding steroid dienone is 6. The second-order valence-electron chi connectivity index (χ2n) is 7.37. The van der Waals surface area contributed by atoms with Gasteiger partial charge in [0.1, 0.15) is 0 Å². The molecule has 3 aliphatic carbocycles. The first-order chi connectivity index (χ1) is 12.4. The molecule has 0 aliphatic heterocycles. The van der Waals surface area contributed by atoms with Crippen molar-refractivity contribution < 1.29 is 46.6 Å².